The molecular formula is C32H28BrClN4O3S. The summed E-state index contributed by atoms with van der Waals surface area (Å²) in [5.41, 5.74) is 4.56. The van der Waals surface area contributed by atoms with Gasteiger partial charge >= 0.3 is 5.97 Å². The number of aromatic nitrogens is 1. The quantitative estimate of drug-likeness (QED) is 0.163. The van der Waals surface area contributed by atoms with Gasteiger partial charge in [0, 0.05) is 58.2 Å². The van der Waals surface area contributed by atoms with Gasteiger partial charge in [0.2, 0.25) is 0 Å². The molecule has 0 amide bonds. The monoisotopic (exact) mass is 662 g/mol. The highest BCUT2D eigenvalue weighted by Crippen LogP contribution is 2.40. The third-order valence-corrected chi connectivity index (χ3v) is 9.50. The van der Waals surface area contributed by atoms with E-state index >= 15 is 0 Å². The fraction of sp³-hybridized carbons (Fsp3) is 0.219. The number of nitrogens with one attached hydrogen (secondary N) is 1. The van der Waals surface area contributed by atoms with Crippen LogP contribution in [0.3, 0.4) is 0 Å². The standard InChI is InChI=1S/C32H28BrClN4O3S/c33-24-9-11-25(12-10-24)35-32(42-19-22-4-1-2-5-26(22)34)36-27-15-21(31(40)41)8-13-29(27)37-16-20-14-23(18-37)28-6-3-7-30(39)38(28)17-20/h1-13,15,20,23H,14,16-19H2,(H,35,36)(H,40,41). The smallest absolute Gasteiger partial charge is 0.335 e. The maximum absolute atomic E-state index is 12.5. The topological polar surface area (TPSA) is 86.9 Å². The van der Waals surface area contributed by atoms with Crippen LogP contribution < -0.4 is 15.8 Å². The van der Waals surface area contributed by atoms with Crippen molar-refractivity contribution in [3.05, 3.63) is 122 Å². The molecule has 2 aliphatic rings. The highest BCUT2D eigenvalue weighted by Gasteiger charge is 2.35. The third-order valence-electron chi connectivity index (χ3n) is 7.68. The van der Waals surface area contributed by atoms with E-state index in [0.29, 0.717) is 34.1 Å². The van der Waals surface area contributed by atoms with Gasteiger partial charge in [0.15, 0.2) is 5.17 Å². The maximum Gasteiger partial charge on any atom is 0.335 e. The normalized spacial score (nSPS) is 18.0. The molecule has 214 valence electrons. The van der Waals surface area contributed by atoms with Crippen LogP contribution in [-0.4, -0.2) is 33.9 Å². The number of halogens is 2. The summed E-state index contributed by atoms with van der Waals surface area (Å²) >= 11 is 11.4. The number of hydrogen-bond donors (Lipinski definition) is 2. The number of hydrogen-bond acceptors (Lipinski definition) is 5. The van der Waals surface area contributed by atoms with Gasteiger partial charge in [0.25, 0.3) is 5.56 Å². The van der Waals surface area contributed by atoms with E-state index in [1.165, 1.54) is 11.8 Å². The summed E-state index contributed by atoms with van der Waals surface area (Å²) in [5, 5.41) is 14.5. The van der Waals surface area contributed by atoms with Crippen molar-refractivity contribution in [1.29, 1.82) is 0 Å². The molecule has 2 N–H and O–H groups in total. The van der Waals surface area contributed by atoms with Crippen molar-refractivity contribution >= 4 is 67.5 Å². The predicted octanol–water partition coefficient (Wildman–Crippen LogP) is 7.62. The second-order valence-corrected chi connectivity index (χ2v) is 12.8. The van der Waals surface area contributed by atoms with Crippen molar-refractivity contribution in [3.8, 4) is 0 Å². The Morgan fingerprint density at radius 3 is 2.62 bits per heavy atom. The summed E-state index contributed by atoms with van der Waals surface area (Å²) in [6.45, 7) is 2.16. The van der Waals surface area contributed by atoms with Crippen molar-refractivity contribution in [2.75, 3.05) is 23.3 Å². The van der Waals surface area contributed by atoms with Crippen LogP contribution in [0.25, 0.3) is 0 Å². The zero-order chi connectivity index (χ0) is 29.2. The van der Waals surface area contributed by atoms with Gasteiger partial charge in [0.1, 0.15) is 0 Å². The van der Waals surface area contributed by atoms with Crippen molar-refractivity contribution in [3.63, 3.8) is 0 Å². The lowest BCUT2D eigenvalue weighted by atomic mass is 9.83. The average Bonchev–Trinajstić information content (AvgIpc) is 2.98. The van der Waals surface area contributed by atoms with Crippen molar-refractivity contribution < 1.29 is 9.90 Å². The van der Waals surface area contributed by atoms with Gasteiger partial charge in [-0.05, 0) is 72.5 Å². The number of benzene rings is 3. The Bertz CT molecular complexity index is 1730. The zero-order valence-corrected chi connectivity index (χ0v) is 25.7. The molecule has 0 spiro atoms. The van der Waals surface area contributed by atoms with Crippen LogP contribution in [0.1, 0.15) is 34.0 Å². The van der Waals surface area contributed by atoms with Gasteiger partial charge in [0.05, 0.1) is 16.9 Å². The Hall–Kier alpha value is -3.53. The highest BCUT2D eigenvalue weighted by molar-refractivity contribution is 9.10. The molecule has 7 nitrogen and oxygen atoms in total. The van der Waals surface area contributed by atoms with Crippen LogP contribution >= 0.6 is 39.3 Å². The van der Waals surface area contributed by atoms with Crippen molar-refractivity contribution in [2.45, 2.75) is 24.6 Å². The van der Waals surface area contributed by atoms with Gasteiger partial charge in [-0.15, -0.1) is 0 Å². The molecule has 10 heteroatoms. The molecule has 1 fully saturated rings. The number of thioether (sulfide) groups is 1. The summed E-state index contributed by atoms with van der Waals surface area (Å²) in [6.07, 6.45) is 1.02. The molecule has 2 aliphatic heterocycles. The van der Waals surface area contributed by atoms with E-state index in [-0.39, 0.29) is 17.0 Å². The van der Waals surface area contributed by atoms with Crippen molar-refractivity contribution in [1.82, 2.24) is 4.57 Å². The number of fused-ring (bicyclic) bond motifs is 4. The first-order valence-electron chi connectivity index (χ1n) is 13.6. The van der Waals surface area contributed by atoms with Crippen LogP contribution in [0.2, 0.25) is 5.02 Å². The fourth-order valence-corrected chi connectivity index (χ4v) is 7.17. The minimum Gasteiger partial charge on any atom is -0.478 e. The van der Waals surface area contributed by atoms with E-state index in [0.717, 1.165) is 46.6 Å². The second kappa shape index (κ2) is 12.4. The number of aromatic carboxylic acids is 1. The van der Waals surface area contributed by atoms with Crippen LogP contribution in [-0.2, 0) is 12.3 Å². The van der Waals surface area contributed by atoms with Crippen LogP contribution in [0, 0.1) is 5.92 Å². The average molecular weight is 664 g/mol. The number of carboxylic acids is 1. The van der Waals surface area contributed by atoms with E-state index in [1.807, 2.05) is 71.3 Å². The number of carbonyl (C=O) groups is 1. The molecule has 1 aromatic heterocycles. The van der Waals surface area contributed by atoms with E-state index < -0.39 is 5.97 Å². The van der Waals surface area contributed by atoms with Gasteiger partial charge in [-0.3, -0.25) is 4.79 Å². The van der Waals surface area contributed by atoms with E-state index in [1.54, 1.807) is 18.2 Å². The molecule has 3 aromatic carbocycles. The Morgan fingerprint density at radius 2 is 1.83 bits per heavy atom. The fourth-order valence-electron chi connectivity index (χ4n) is 5.73. The molecule has 2 bridgehead atoms. The molecule has 0 aliphatic carbocycles. The first-order chi connectivity index (χ1) is 20.3. The lowest BCUT2D eigenvalue weighted by molar-refractivity contribution is 0.0697. The summed E-state index contributed by atoms with van der Waals surface area (Å²) in [4.78, 5) is 31.9. The predicted molar refractivity (Wildman–Crippen MR) is 175 cm³/mol. The second-order valence-electron chi connectivity index (χ2n) is 10.5. The molecule has 2 atom stereocenters. The van der Waals surface area contributed by atoms with Crippen LogP contribution in [0.4, 0.5) is 17.1 Å². The number of amidine groups is 1. The largest absolute Gasteiger partial charge is 0.478 e. The molecule has 6 rings (SSSR count). The Balaban J connectivity index is 1.37. The summed E-state index contributed by atoms with van der Waals surface area (Å²) in [7, 11) is 0. The van der Waals surface area contributed by atoms with Crippen LogP contribution in [0.15, 0.2) is 99.2 Å². The number of aliphatic imine (C=N–C) groups is 1. The number of carboxylic acid groups (broad SMARTS) is 1. The lowest BCUT2D eigenvalue weighted by Gasteiger charge is -2.44. The van der Waals surface area contributed by atoms with Gasteiger partial charge in [-0.2, -0.15) is 0 Å². The first kappa shape index (κ1) is 28.6. The Morgan fingerprint density at radius 1 is 1.02 bits per heavy atom. The minimum atomic E-state index is -1.01. The van der Waals surface area contributed by atoms with E-state index in [2.05, 4.69) is 26.1 Å². The SMILES string of the molecule is O=C(O)c1ccc(N2CC3CC(C2)c2cccc(=O)n2C3)c(N=C(Nc2ccc(Br)cc2)SCc2ccccc2Cl)c1. The van der Waals surface area contributed by atoms with Crippen molar-refractivity contribution in [2.24, 2.45) is 10.9 Å². The first-order valence-corrected chi connectivity index (χ1v) is 15.8. The molecule has 1 saturated heterocycles. The molecule has 42 heavy (non-hydrogen) atoms. The van der Waals surface area contributed by atoms with Gasteiger partial charge < -0.3 is 19.9 Å². The van der Waals surface area contributed by atoms with Gasteiger partial charge in [-0.25, -0.2) is 9.79 Å². The number of anilines is 2. The molecular weight excluding hydrogens is 636 g/mol. The molecule has 0 saturated carbocycles. The number of piperidine rings is 1. The van der Waals surface area contributed by atoms with E-state index in [4.69, 9.17) is 16.6 Å². The molecule has 4 aromatic rings. The zero-order valence-electron chi connectivity index (χ0n) is 22.5. The Kier molecular flexibility index (Phi) is 8.42. The number of rotatable bonds is 6. The molecule has 0 radical (unpaired) electrons. The minimum absolute atomic E-state index is 0.0472. The van der Waals surface area contributed by atoms with E-state index in [9.17, 15) is 14.7 Å². The highest BCUT2D eigenvalue weighted by atomic mass is 79.9. The summed E-state index contributed by atoms with van der Waals surface area (Å²) < 4.78 is 2.88. The Labute approximate surface area is 261 Å². The lowest BCUT2D eigenvalue weighted by Crippen LogP contribution is -2.47. The molecule has 2 unspecified atom stereocenters. The van der Waals surface area contributed by atoms with Crippen LogP contribution in [0.5, 0.6) is 0 Å². The maximum atomic E-state index is 12.5. The van der Waals surface area contributed by atoms with Gasteiger partial charge in [-0.1, -0.05) is 63.6 Å². The molecule has 3 heterocycles. The third kappa shape index (κ3) is 6.28. The summed E-state index contributed by atoms with van der Waals surface area (Å²) in [6, 6.07) is 26.1. The number of pyridine rings is 1. The number of nitrogens with zero attached hydrogens (tertiary/aromatic N) is 3. The summed E-state index contributed by atoms with van der Waals surface area (Å²) in [5.74, 6) is 0.0858.